The molecule has 0 aromatic rings. The van der Waals surface area contributed by atoms with Gasteiger partial charge in [0.05, 0.1) is 0 Å². The van der Waals surface area contributed by atoms with Gasteiger partial charge >= 0.3 is 7.05 Å². The van der Waals surface area contributed by atoms with Gasteiger partial charge in [0.1, 0.15) is 0 Å². The molecule has 3 heteroatoms. The highest BCUT2D eigenvalue weighted by atomic mass is 16.4. The first-order chi connectivity index (χ1) is 9.52. The average Bonchev–Trinajstić information content (AvgIpc) is 2.83. The molecule has 112 valence electrons. The monoisotopic (exact) mass is 275 g/mol. The maximum atomic E-state index is 6.04. The van der Waals surface area contributed by atoms with Crippen molar-refractivity contribution in [1.82, 2.24) is 4.81 Å². The number of hydrogen-bond donors (Lipinski definition) is 0. The molecule has 20 heavy (non-hydrogen) atoms. The zero-order valence-electron chi connectivity index (χ0n) is 14.1. The van der Waals surface area contributed by atoms with Gasteiger partial charge in [0.2, 0.25) is 0 Å². The van der Waals surface area contributed by atoms with Crippen LogP contribution in [0, 0.1) is 11.8 Å². The summed E-state index contributed by atoms with van der Waals surface area (Å²) in [6.45, 7) is 14.2. The van der Waals surface area contributed by atoms with Gasteiger partial charge in [0.15, 0.2) is 0 Å². The van der Waals surface area contributed by atoms with Crippen molar-refractivity contribution >= 4 is 7.05 Å². The van der Waals surface area contributed by atoms with Crippen LogP contribution in [0.15, 0.2) is 11.0 Å². The average molecular weight is 275 g/mol. The van der Waals surface area contributed by atoms with Gasteiger partial charge < -0.3 is 9.47 Å². The normalized spacial score (nSPS) is 17.9. The fourth-order valence-corrected chi connectivity index (χ4v) is 2.90. The second-order valence-electron chi connectivity index (χ2n) is 6.02. The lowest BCUT2D eigenvalue weighted by atomic mass is 9.67. The molecular weight excluding hydrogens is 245 g/mol. The van der Waals surface area contributed by atoms with Gasteiger partial charge in [-0.05, 0) is 42.4 Å². The van der Waals surface area contributed by atoms with Gasteiger partial charge in [-0.1, -0.05) is 53.4 Å². The van der Waals surface area contributed by atoms with Crippen LogP contribution in [-0.2, 0) is 4.65 Å². The quantitative estimate of drug-likeness (QED) is 0.554. The minimum atomic E-state index is 0.126. The summed E-state index contributed by atoms with van der Waals surface area (Å²) in [4.78, 5) is 2.46. The third kappa shape index (κ3) is 4.40. The molecule has 0 unspecified atom stereocenters. The fourth-order valence-electron chi connectivity index (χ4n) is 2.90. The highest BCUT2D eigenvalue weighted by Gasteiger charge is 2.38. The zero-order chi connectivity index (χ0) is 15.1. The Morgan fingerprint density at radius 1 is 1.25 bits per heavy atom. The molecule has 0 aromatic carbocycles. The number of rotatable bonds is 5. The fraction of sp³-hybridized carbons (Fsp3) is 0.765. The van der Waals surface area contributed by atoms with Crippen LogP contribution in [-0.4, -0.2) is 30.6 Å². The molecule has 1 rings (SSSR count). The van der Waals surface area contributed by atoms with Crippen molar-refractivity contribution in [3.8, 4) is 11.8 Å². The summed E-state index contributed by atoms with van der Waals surface area (Å²) in [5.41, 5.74) is 2.71. The van der Waals surface area contributed by atoms with E-state index in [0.717, 1.165) is 32.3 Å². The molecule has 0 saturated carbocycles. The lowest BCUT2D eigenvalue weighted by molar-refractivity contribution is 0.236. The second kappa shape index (κ2) is 8.54. The summed E-state index contributed by atoms with van der Waals surface area (Å²) >= 11 is 0. The first-order valence-electron chi connectivity index (χ1n) is 8.12. The second-order valence-corrected chi connectivity index (χ2v) is 6.02. The Bertz CT molecular complexity index is 382. The van der Waals surface area contributed by atoms with Gasteiger partial charge in [0.25, 0.3) is 0 Å². The maximum Gasteiger partial charge on any atom is 0.415 e. The highest BCUT2D eigenvalue weighted by Crippen LogP contribution is 2.27. The van der Waals surface area contributed by atoms with E-state index in [1.54, 1.807) is 0 Å². The van der Waals surface area contributed by atoms with Gasteiger partial charge in [-0.2, -0.15) is 0 Å². The zero-order valence-corrected chi connectivity index (χ0v) is 14.1. The Morgan fingerprint density at radius 3 is 2.40 bits per heavy atom. The number of hydrogen-bond acceptors (Lipinski definition) is 2. The maximum absolute atomic E-state index is 6.04. The minimum Gasteiger partial charge on any atom is -0.417 e. The van der Waals surface area contributed by atoms with Crippen molar-refractivity contribution in [2.24, 2.45) is 0 Å². The highest BCUT2D eigenvalue weighted by molar-refractivity contribution is 6.58. The lowest BCUT2D eigenvalue weighted by Crippen LogP contribution is -2.49. The molecule has 1 heterocycles. The van der Waals surface area contributed by atoms with E-state index >= 15 is 0 Å². The first kappa shape index (κ1) is 17.3. The Balaban J connectivity index is 3.04. The molecule has 0 N–H and O–H groups in total. The Morgan fingerprint density at radius 2 is 1.90 bits per heavy atom. The number of unbranched alkanes of at least 4 members (excludes halogenated alkanes) is 1. The van der Waals surface area contributed by atoms with E-state index in [2.05, 4.69) is 58.2 Å². The summed E-state index contributed by atoms with van der Waals surface area (Å²) in [6, 6.07) is 0.963. The molecule has 0 bridgehead atoms. The van der Waals surface area contributed by atoms with Crippen LogP contribution in [0.1, 0.15) is 67.2 Å². The third-order valence-corrected chi connectivity index (χ3v) is 3.76. The van der Waals surface area contributed by atoms with Crippen molar-refractivity contribution < 1.29 is 4.65 Å². The van der Waals surface area contributed by atoms with E-state index < -0.39 is 0 Å². The summed E-state index contributed by atoms with van der Waals surface area (Å²) < 4.78 is 6.04. The van der Waals surface area contributed by atoms with Gasteiger partial charge in [0, 0.05) is 13.0 Å². The molecule has 0 atom stereocenters. The van der Waals surface area contributed by atoms with Gasteiger partial charge in [-0.3, -0.25) is 0 Å². The van der Waals surface area contributed by atoms with Crippen molar-refractivity contribution in [3.63, 3.8) is 0 Å². The topological polar surface area (TPSA) is 12.5 Å². The van der Waals surface area contributed by atoms with Crippen molar-refractivity contribution in [1.29, 1.82) is 0 Å². The van der Waals surface area contributed by atoms with Crippen LogP contribution in [0.3, 0.4) is 0 Å². The summed E-state index contributed by atoms with van der Waals surface area (Å²) in [7, 11) is 0.126. The molecule has 0 aromatic heterocycles. The van der Waals surface area contributed by atoms with Crippen LogP contribution in [0.4, 0.5) is 0 Å². The van der Waals surface area contributed by atoms with E-state index in [1.165, 1.54) is 11.0 Å². The van der Waals surface area contributed by atoms with E-state index in [1.807, 2.05) is 0 Å². The number of nitrogens with zero attached hydrogens (tertiary/aromatic N) is 1. The van der Waals surface area contributed by atoms with Crippen molar-refractivity contribution in [2.75, 3.05) is 6.61 Å². The Labute approximate surface area is 126 Å². The molecule has 1 aliphatic rings. The van der Waals surface area contributed by atoms with Gasteiger partial charge in [-0.25, -0.2) is 0 Å². The van der Waals surface area contributed by atoms with E-state index in [0.29, 0.717) is 12.1 Å². The molecule has 2 nitrogen and oxygen atoms in total. The molecule has 0 aliphatic carbocycles. The lowest BCUT2D eigenvalue weighted by Gasteiger charge is -2.34. The van der Waals surface area contributed by atoms with E-state index in [4.69, 9.17) is 4.65 Å². The van der Waals surface area contributed by atoms with Crippen LogP contribution < -0.4 is 0 Å². The van der Waals surface area contributed by atoms with Crippen molar-refractivity contribution in [3.05, 3.63) is 11.0 Å². The Kier molecular flexibility index (Phi) is 7.41. The van der Waals surface area contributed by atoms with Gasteiger partial charge in [-0.15, -0.1) is 0 Å². The first-order valence-corrected chi connectivity index (χ1v) is 8.12. The predicted octanol–water partition coefficient (Wildman–Crippen LogP) is 4.06. The standard InChI is InChI=1S/C17H30BNO/c1-7-9-10-11-16(8-2)17-12-13-20-18(17)19(14(3)4)15(5)6/h14-15H,7-9,12-13H2,1-6H3/b17-16+. The smallest absolute Gasteiger partial charge is 0.415 e. The molecule has 0 amide bonds. The molecule has 0 radical (unpaired) electrons. The number of allylic oxidation sites excluding steroid dienone is 1. The predicted molar refractivity (Wildman–Crippen MR) is 88.4 cm³/mol. The summed E-state index contributed by atoms with van der Waals surface area (Å²) in [5, 5.41) is 0. The minimum absolute atomic E-state index is 0.126. The summed E-state index contributed by atoms with van der Waals surface area (Å²) in [6.07, 6.45) is 4.16. The molecule has 1 fully saturated rings. The van der Waals surface area contributed by atoms with E-state index in [9.17, 15) is 0 Å². The van der Waals surface area contributed by atoms with Crippen LogP contribution in [0.25, 0.3) is 0 Å². The molecule has 1 saturated heterocycles. The van der Waals surface area contributed by atoms with Crippen molar-refractivity contribution in [2.45, 2.75) is 79.3 Å². The third-order valence-electron chi connectivity index (χ3n) is 3.76. The summed E-state index contributed by atoms with van der Waals surface area (Å²) in [5.74, 6) is 6.70. The van der Waals surface area contributed by atoms with Crippen LogP contribution in [0.5, 0.6) is 0 Å². The Hall–Kier alpha value is -0.715. The van der Waals surface area contributed by atoms with E-state index in [-0.39, 0.29) is 7.05 Å². The molecule has 1 aliphatic heterocycles. The molecular formula is C17H30BNO. The largest absolute Gasteiger partial charge is 0.417 e. The van der Waals surface area contributed by atoms with Crippen LogP contribution >= 0.6 is 0 Å². The SMILES string of the molecule is CCCC#C/C(CC)=C1\CCOB1N(C(C)C)C(C)C. The van der Waals surface area contributed by atoms with Crippen LogP contribution in [0.2, 0.25) is 0 Å². The molecule has 0 spiro atoms.